The van der Waals surface area contributed by atoms with Crippen LogP contribution in [0.15, 0.2) is 30.3 Å². The summed E-state index contributed by atoms with van der Waals surface area (Å²) in [4.78, 5) is 2.54. The van der Waals surface area contributed by atoms with Crippen LogP contribution in [0.25, 0.3) is 0 Å². The van der Waals surface area contributed by atoms with Crippen molar-refractivity contribution in [1.82, 2.24) is 5.32 Å². The van der Waals surface area contributed by atoms with Gasteiger partial charge in [-0.05, 0) is 25.1 Å². The molecule has 90 valence electrons. The first-order valence-corrected chi connectivity index (χ1v) is 6.55. The Morgan fingerprint density at radius 2 is 2.06 bits per heavy atom. The van der Waals surface area contributed by atoms with Crippen LogP contribution in [0.3, 0.4) is 0 Å². The SMILES string of the molecule is Cc1ccc(CNCc2cccc(Cl)c2F)s1. The minimum Gasteiger partial charge on any atom is -0.308 e. The summed E-state index contributed by atoms with van der Waals surface area (Å²) in [5.74, 6) is -0.330. The Morgan fingerprint density at radius 1 is 1.24 bits per heavy atom. The maximum atomic E-state index is 13.6. The third-order valence-corrected chi connectivity index (χ3v) is 3.73. The molecule has 1 N–H and O–H groups in total. The summed E-state index contributed by atoms with van der Waals surface area (Å²) in [6, 6.07) is 9.23. The van der Waals surface area contributed by atoms with Gasteiger partial charge in [-0.3, -0.25) is 0 Å². The average molecular weight is 270 g/mol. The van der Waals surface area contributed by atoms with Crippen LogP contribution < -0.4 is 5.32 Å². The summed E-state index contributed by atoms with van der Waals surface area (Å²) in [6.07, 6.45) is 0. The van der Waals surface area contributed by atoms with E-state index in [2.05, 4.69) is 24.4 Å². The largest absolute Gasteiger partial charge is 0.308 e. The number of aryl methyl sites for hydroxylation is 1. The van der Waals surface area contributed by atoms with E-state index in [0.717, 1.165) is 6.54 Å². The molecule has 0 fully saturated rings. The molecule has 0 amide bonds. The van der Waals surface area contributed by atoms with Crippen molar-refractivity contribution in [2.75, 3.05) is 0 Å². The normalized spacial score (nSPS) is 10.8. The molecule has 1 nitrogen and oxygen atoms in total. The fourth-order valence-electron chi connectivity index (χ4n) is 1.59. The van der Waals surface area contributed by atoms with E-state index < -0.39 is 0 Å². The summed E-state index contributed by atoms with van der Waals surface area (Å²) in [7, 11) is 0. The van der Waals surface area contributed by atoms with E-state index in [1.807, 2.05) is 0 Å². The Morgan fingerprint density at radius 3 is 2.76 bits per heavy atom. The quantitative estimate of drug-likeness (QED) is 0.880. The monoisotopic (exact) mass is 269 g/mol. The molecule has 4 heteroatoms. The first-order chi connectivity index (χ1) is 8.16. The number of rotatable bonds is 4. The Bertz CT molecular complexity index is 510. The molecule has 0 aliphatic heterocycles. The molecule has 0 aliphatic carbocycles. The van der Waals surface area contributed by atoms with Gasteiger partial charge in [0.1, 0.15) is 5.82 Å². The van der Waals surface area contributed by atoms with Crippen molar-refractivity contribution in [3.63, 3.8) is 0 Å². The molecule has 0 bridgehead atoms. The van der Waals surface area contributed by atoms with Crippen molar-refractivity contribution >= 4 is 22.9 Å². The number of nitrogens with one attached hydrogen (secondary N) is 1. The standard InChI is InChI=1S/C13H13ClFNS/c1-9-5-6-11(17-9)8-16-7-10-3-2-4-12(14)13(10)15/h2-6,16H,7-8H2,1H3. The second kappa shape index (κ2) is 5.63. The number of hydrogen-bond donors (Lipinski definition) is 1. The third kappa shape index (κ3) is 3.28. The zero-order valence-electron chi connectivity index (χ0n) is 9.47. The summed E-state index contributed by atoms with van der Waals surface area (Å²) in [5.41, 5.74) is 0.603. The zero-order chi connectivity index (χ0) is 12.3. The summed E-state index contributed by atoms with van der Waals surface area (Å²) in [6.45, 7) is 3.32. The van der Waals surface area contributed by atoms with Crippen molar-refractivity contribution in [3.8, 4) is 0 Å². The van der Waals surface area contributed by atoms with E-state index in [-0.39, 0.29) is 10.8 Å². The topological polar surface area (TPSA) is 12.0 Å². The molecule has 1 aromatic carbocycles. The highest BCUT2D eigenvalue weighted by atomic mass is 35.5. The Kier molecular flexibility index (Phi) is 4.15. The van der Waals surface area contributed by atoms with Crippen LogP contribution in [0.2, 0.25) is 5.02 Å². The van der Waals surface area contributed by atoms with Crippen LogP contribution in [0.1, 0.15) is 15.3 Å². The molecule has 17 heavy (non-hydrogen) atoms. The minimum absolute atomic E-state index is 0.177. The third-order valence-electron chi connectivity index (χ3n) is 2.44. The highest BCUT2D eigenvalue weighted by molar-refractivity contribution is 7.11. The molecular weight excluding hydrogens is 257 g/mol. The van der Waals surface area contributed by atoms with E-state index in [9.17, 15) is 4.39 Å². The van der Waals surface area contributed by atoms with Crippen molar-refractivity contribution in [2.45, 2.75) is 20.0 Å². The van der Waals surface area contributed by atoms with Gasteiger partial charge in [-0.15, -0.1) is 11.3 Å². The predicted molar refractivity (Wildman–Crippen MR) is 71.0 cm³/mol. The molecule has 0 saturated heterocycles. The lowest BCUT2D eigenvalue weighted by Gasteiger charge is -2.05. The molecule has 0 radical (unpaired) electrons. The number of benzene rings is 1. The van der Waals surface area contributed by atoms with Gasteiger partial charge in [-0.25, -0.2) is 4.39 Å². The van der Waals surface area contributed by atoms with Gasteiger partial charge in [0.25, 0.3) is 0 Å². The Labute approximate surface area is 109 Å². The molecule has 0 unspecified atom stereocenters. The molecule has 2 rings (SSSR count). The highest BCUT2D eigenvalue weighted by Crippen LogP contribution is 2.18. The number of halogens is 2. The highest BCUT2D eigenvalue weighted by Gasteiger charge is 2.05. The van der Waals surface area contributed by atoms with E-state index in [0.29, 0.717) is 12.1 Å². The van der Waals surface area contributed by atoms with E-state index >= 15 is 0 Å². The molecule has 0 saturated carbocycles. The lowest BCUT2D eigenvalue weighted by Crippen LogP contribution is -2.12. The minimum atomic E-state index is -0.330. The van der Waals surface area contributed by atoms with Gasteiger partial charge in [-0.1, -0.05) is 23.7 Å². The first kappa shape index (κ1) is 12.6. The van der Waals surface area contributed by atoms with Crippen LogP contribution in [-0.2, 0) is 13.1 Å². The first-order valence-electron chi connectivity index (χ1n) is 5.36. The van der Waals surface area contributed by atoms with Gasteiger partial charge in [0, 0.05) is 28.4 Å². The molecule has 0 atom stereocenters. The Balaban J connectivity index is 1.92. The van der Waals surface area contributed by atoms with Crippen LogP contribution in [0.4, 0.5) is 4.39 Å². The molecule has 2 aromatic rings. The van der Waals surface area contributed by atoms with E-state index in [1.165, 1.54) is 9.75 Å². The van der Waals surface area contributed by atoms with E-state index in [4.69, 9.17) is 11.6 Å². The fraction of sp³-hybridized carbons (Fsp3) is 0.231. The van der Waals surface area contributed by atoms with Crippen LogP contribution >= 0.6 is 22.9 Å². The summed E-state index contributed by atoms with van der Waals surface area (Å²) in [5, 5.41) is 3.39. The zero-order valence-corrected chi connectivity index (χ0v) is 11.0. The van der Waals surface area contributed by atoms with Gasteiger partial charge in [0.05, 0.1) is 5.02 Å². The van der Waals surface area contributed by atoms with Crippen molar-refractivity contribution in [3.05, 3.63) is 56.5 Å². The summed E-state index contributed by atoms with van der Waals surface area (Å²) < 4.78 is 13.6. The lowest BCUT2D eigenvalue weighted by atomic mass is 10.2. The van der Waals surface area contributed by atoms with Gasteiger partial charge < -0.3 is 5.32 Å². The smallest absolute Gasteiger partial charge is 0.146 e. The molecule has 0 spiro atoms. The molecule has 0 aliphatic rings. The van der Waals surface area contributed by atoms with Gasteiger partial charge in [-0.2, -0.15) is 0 Å². The average Bonchev–Trinajstić information content (AvgIpc) is 2.70. The molecular formula is C13H13ClFNS. The lowest BCUT2D eigenvalue weighted by molar-refractivity contribution is 0.589. The number of thiophene rings is 1. The van der Waals surface area contributed by atoms with Gasteiger partial charge in [0.2, 0.25) is 0 Å². The van der Waals surface area contributed by atoms with Gasteiger partial charge >= 0.3 is 0 Å². The van der Waals surface area contributed by atoms with Crippen molar-refractivity contribution in [1.29, 1.82) is 0 Å². The maximum Gasteiger partial charge on any atom is 0.146 e. The second-order valence-electron chi connectivity index (χ2n) is 3.83. The number of hydrogen-bond acceptors (Lipinski definition) is 2. The second-order valence-corrected chi connectivity index (χ2v) is 5.61. The van der Waals surface area contributed by atoms with Crippen LogP contribution in [0.5, 0.6) is 0 Å². The molecule has 1 heterocycles. The fourth-order valence-corrected chi connectivity index (χ4v) is 2.64. The van der Waals surface area contributed by atoms with Crippen molar-refractivity contribution < 1.29 is 4.39 Å². The van der Waals surface area contributed by atoms with E-state index in [1.54, 1.807) is 29.5 Å². The Hall–Kier alpha value is -0.900. The summed E-state index contributed by atoms with van der Waals surface area (Å²) >= 11 is 7.46. The van der Waals surface area contributed by atoms with Crippen LogP contribution in [-0.4, -0.2) is 0 Å². The molecule has 1 aromatic heterocycles. The van der Waals surface area contributed by atoms with Crippen molar-refractivity contribution in [2.24, 2.45) is 0 Å². The maximum absolute atomic E-state index is 13.6. The predicted octanol–water partition coefficient (Wildman–Crippen LogP) is 4.14. The van der Waals surface area contributed by atoms with Crippen LogP contribution in [0, 0.1) is 12.7 Å². The van der Waals surface area contributed by atoms with Gasteiger partial charge in [0.15, 0.2) is 0 Å².